The predicted molar refractivity (Wildman–Crippen MR) is 74.6 cm³/mol. The van der Waals surface area contributed by atoms with Crippen molar-refractivity contribution in [3.63, 3.8) is 0 Å². The summed E-state index contributed by atoms with van der Waals surface area (Å²) in [6.07, 6.45) is 3.84. The van der Waals surface area contributed by atoms with Crippen LogP contribution in [0.15, 0.2) is 30.3 Å². The van der Waals surface area contributed by atoms with Crippen LogP contribution in [0.1, 0.15) is 29.5 Å². The quantitative estimate of drug-likeness (QED) is 0.627. The first-order valence-electron chi connectivity index (χ1n) is 6.53. The summed E-state index contributed by atoms with van der Waals surface area (Å²) in [5.74, 6) is 6.39. The number of hydrogen-bond acceptors (Lipinski definition) is 1. The Hall–Kier alpha value is -1.78. The summed E-state index contributed by atoms with van der Waals surface area (Å²) in [5.41, 5.74) is 4.04. The highest BCUT2D eigenvalue weighted by Crippen LogP contribution is 2.32. The molecule has 1 aliphatic carbocycles. The average molecular weight is 236 g/mol. The molecule has 0 amide bonds. The number of aliphatic hydroxyl groups is 1. The minimum atomic E-state index is 0.221. The van der Waals surface area contributed by atoms with E-state index in [9.17, 15) is 0 Å². The normalized spacial score (nSPS) is 12.5. The minimum Gasteiger partial charge on any atom is -0.396 e. The lowest BCUT2D eigenvalue weighted by Gasteiger charge is -2.03. The van der Waals surface area contributed by atoms with Crippen LogP contribution >= 0.6 is 0 Å². The van der Waals surface area contributed by atoms with Gasteiger partial charge in [-0.1, -0.05) is 36.1 Å². The third kappa shape index (κ3) is 1.89. The predicted octanol–water partition coefficient (Wildman–Crippen LogP) is 3.06. The van der Waals surface area contributed by atoms with Crippen molar-refractivity contribution in [1.82, 2.24) is 0 Å². The molecular formula is C17H16O. The molecule has 90 valence electrons. The third-order valence-corrected chi connectivity index (χ3v) is 3.56. The van der Waals surface area contributed by atoms with E-state index < -0.39 is 0 Å². The van der Waals surface area contributed by atoms with Crippen molar-refractivity contribution in [2.24, 2.45) is 0 Å². The molecule has 0 saturated carbocycles. The van der Waals surface area contributed by atoms with Gasteiger partial charge < -0.3 is 5.11 Å². The van der Waals surface area contributed by atoms with E-state index in [4.69, 9.17) is 5.11 Å². The van der Waals surface area contributed by atoms with Crippen LogP contribution in [0, 0.1) is 11.8 Å². The van der Waals surface area contributed by atoms with Crippen LogP contribution in [0.2, 0.25) is 0 Å². The van der Waals surface area contributed by atoms with Gasteiger partial charge in [0.25, 0.3) is 0 Å². The van der Waals surface area contributed by atoms with E-state index in [0.717, 1.165) is 31.2 Å². The van der Waals surface area contributed by atoms with Gasteiger partial charge in [-0.2, -0.15) is 0 Å². The smallest absolute Gasteiger partial charge is 0.0440 e. The Kier molecular flexibility index (Phi) is 3.04. The molecule has 1 aliphatic rings. The maximum atomic E-state index is 8.75. The first-order valence-corrected chi connectivity index (χ1v) is 6.53. The van der Waals surface area contributed by atoms with Crippen molar-refractivity contribution in [1.29, 1.82) is 0 Å². The van der Waals surface area contributed by atoms with Crippen LogP contribution in [0.5, 0.6) is 0 Å². The van der Waals surface area contributed by atoms with Crippen LogP contribution in [0.3, 0.4) is 0 Å². The van der Waals surface area contributed by atoms with Gasteiger partial charge in [0.05, 0.1) is 0 Å². The Morgan fingerprint density at radius 2 is 1.89 bits per heavy atom. The molecule has 0 atom stereocenters. The van der Waals surface area contributed by atoms with Gasteiger partial charge >= 0.3 is 0 Å². The molecule has 0 saturated heterocycles. The molecular weight excluding hydrogens is 220 g/mol. The molecule has 0 aromatic heterocycles. The average Bonchev–Trinajstić information content (AvgIpc) is 2.82. The Labute approximate surface area is 107 Å². The van der Waals surface area contributed by atoms with E-state index in [-0.39, 0.29) is 6.61 Å². The van der Waals surface area contributed by atoms with Crippen LogP contribution < -0.4 is 0 Å². The first kappa shape index (κ1) is 11.3. The summed E-state index contributed by atoms with van der Waals surface area (Å²) in [7, 11) is 0. The number of rotatable bonds is 2. The van der Waals surface area contributed by atoms with E-state index in [2.05, 4.69) is 42.2 Å². The van der Waals surface area contributed by atoms with Gasteiger partial charge in [-0.05, 0) is 47.2 Å². The van der Waals surface area contributed by atoms with Gasteiger partial charge in [-0.15, -0.1) is 0 Å². The van der Waals surface area contributed by atoms with Gasteiger partial charge in [0.1, 0.15) is 0 Å². The lowest BCUT2D eigenvalue weighted by Crippen LogP contribution is -1.84. The fourth-order valence-corrected chi connectivity index (χ4v) is 2.68. The van der Waals surface area contributed by atoms with E-state index >= 15 is 0 Å². The highest BCUT2D eigenvalue weighted by Gasteiger charge is 2.14. The molecule has 0 radical (unpaired) electrons. The van der Waals surface area contributed by atoms with E-state index in [1.54, 1.807) is 0 Å². The number of hydrogen-bond donors (Lipinski definition) is 1. The summed E-state index contributed by atoms with van der Waals surface area (Å²) in [6, 6.07) is 10.9. The topological polar surface area (TPSA) is 20.2 Å². The van der Waals surface area contributed by atoms with Crippen LogP contribution in [0.25, 0.3) is 10.8 Å². The summed E-state index contributed by atoms with van der Waals surface area (Å²) in [4.78, 5) is 0. The molecule has 18 heavy (non-hydrogen) atoms. The Balaban J connectivity index is 2.06. The zero-order valence-electron chi connectivity index (χ0n) is 10.4. The summed E-state index contributed by atoms with van der Waals surface area (Å²) < 4.78 is 0. The van der Waals surface area contributed by atoms with Crippen molar-refractivity contribution in [3.8, 4) is 11.8 Å². The van der Waals surface area contributed by atoms with Gasteiger partial charge in [0, 0.05) is 18.6 Å². The molecule has 0 aliphatic heterocycles. The Morgan fingerprint density at radius 1 is 1.06 bits per heavy atom. The SMILES string of the molecule is OCCCC#Cc1ccc2c3c(cccc13)CC2. The van der Waals surface area contributed by atoms with Crippen molar-refractivity contribution in [2.75, 3.05) is 6.61 Å². The standard InChI is InChI=1S/C17H16O/c18-12-3-1-2-5-13-8-9-15-11-10-14-6-4-7-16(13)17(14)15/h4,6-9,18H,1,3,10-12H2. The van der Waals surface area contributed by atoms with E-state index in [0.29, 0.717) is 0 Å². The van der Waals surface area contributed by atoms with Crippen molar-refractivity contribution < 1.29 is 5.11 Å². The molecule has 0 heterocycles. The third-order valence-electron chi connectivity index (χ3n) is 3.56. The molecule has 0 unspecified atom stereocenters. The molecule has 0 spiro atoms. The largest absolute Gasteiger partial charge is 0.396 e. The first-order chi connectivity index (χ1) is 8.90. The molecule has 0 bridgehead atoms. The van der Waals surface area contributed by atoms with Crippen molar-refractivity contribution in [2.45, 2.75) is 25.7 Å². The number of unbranched alkanes of at least 4 members (excludes halogenated alkanes) is 1. The highest BCUT2D eigenvalue weighted by atomic mass is 16.2. The molecule has 2 aromatic rings. The maximum Gasteiger partial charge on any atom is 0.0440 e. The number of benzene rings is 2. The molecule has 1 heteroatoms. The maximum absolute atomic E-state index is 8.75. The fraction of sp³-hybridized carbons (Fsp3) is 0.294. The lowest BCUT2D eigenvalue weighted by molar-refractivity contribution is 0.290. The number of aryl methyl sites for hydroxylation is 2. The van der Waals surface area contributed by atoms with Gasteiger partial charge in [0.2, 0.25) is 0 Å². The minimum absolute atomic E-state index is 0.221. The molecule has 2 aromatic carbocycles. The Bertz CT molecular complexity index is 633. The van der Waals surface area contributed by atoms with Gasteiger partial charge in [0.15, 0.2) is 0 Å². The summed E-state index contributed by atoms with van der Waals surface area (Å²) >= 11 is 0. The van der Waals surface area contributed by atoms with Crippen LogP contribution in [-0.4, -0.2) is 11.7 Å². The lowest BCUT2D eigenvalue weighted by atomic mass is 10.00. The summed E-state index contributed by atoms with van der Waals surface area (Å²) in [6.45, 7) is 0.221. The molecule has 0 fully saturated rings. The second-order valence-corrected chi connectivity index (χ2v) is 4.74. The van der Waals surface area contributed by atoms with E-state index in [1.165, 1.54) is 21.9 Å². The van der Waals surface area contributed by atoms with Crippen molar-refractivity contribution >= 4 is 10.8 Å². The Morgan fingerprint density at radius 3 is 2.72 bits per heavy atom. The fourth-order valence-electron chi connectivity index (χ4n) is 2.68. The second kappa shape index (κ2) is 4.84. The molecule has 1 nitrogen and oxygen atoms in total. The zero-order valence-corrected chi connectivity index (χ0v) is 10.4. The van der Waals surface area contributed by atoms with Crippen LogP contribution in [-0.2, 0) is 12.8 Å². The van der Waals surface area contributed by atoms with Crippen molar-refractivity contribution in [3.05, 3.63) is 47.0 Å². The zero-order chi connectivity index (χ0) is 12.4. The number of aliphatic hydroxyl groups excluding tert-OH is 1. The van der Waals surface area contributed by atoms with E-state index in [1.807, 2.05) is 0 Å². The second-order valence-electron chi connectivity index (χ2n) is 4.74. The highest BCUT2D eigenvalue weighted by molar-refractivity contribution is 5.94. The molecule has 3 rings (SSSR count). The van der Waals surface area contributed by atoms with Gasteiger partial charge in [-0.25, -0.2) is 0 Å². The van der Waals surface area contributed by atoms with Gasteiger partial charge in [-0.3, -0.25) is 0 Å². The summed E-state index contributed by atoms with van der Waals surface area (Å²) in [5, 5.41) is 11.5. The van der Waals surface area contributed by atoms with Crippen LogP contribution in [0.4, 0.5) is 0 Å². The monoisotopic (exact) mass is 236 g/mol. The molecule has 1 N–H and O–H groups in total.